The van der Waals surface area contributed by atoms with Gasteiger partial charge in [-0.2, -0.15) is 0 Å². The van der Waals surface area contributed by atoms with E-state index in [1.807, 2.05) is 13.0 Å². The van der Waals surface area contributed by atoms with Crippen LogP contribution in [0.5, 0.6) is 5.75 Å². The number of aryl methyl sites for hydroxylation is 2. The van der Waals surface area contributed by atoms with Crippen molar-refractivity contribution in [2.75, 3.05) is 12.4 Å². The predicted molar refractivity (Wildman–Crippen MR) is 96.2 cm³/mol. The van der Waals surface area contributed by atoms with Gasteiger partial charge in [0, 0.05) is 16.2 Å². The smallest absolute Gasteiger partial charge is 0.288 e. The molecule has 0 aliphatic rings. The van der Waals surface area contributed by atoms with E-state index >= 15 is 0 Å². The molecule has 2 aromatic carbocycles. The molecule has 24 heavy (non-hydrogen) atoms. The number of benzene rings is 2. The zero-order chi connectivity index (χ0) is 18.0. The van der Waals surface area contributed by atoms with Crippen molar-refractivity contribution in [2.45, 2.75) is 13.8 Å². The maximum absolute atomic E-state index is 12.6. The highest BCUT2D eigenvalue weighted by Gasteiger charge is 2.19. The molecule has 1 amide bonds. The zero-order valence-electron chi connectivity index (χ0n) is 13.1. The van der Waals surface area contributed by atoms with Crippen LogP contribution in [0.15, 0.2) is 28.7 Å². The standard InChI is InChI=1S/C16H14BrClN2O4/c1-8-5-14(20(22)23)12(18)7-13(8)19-16(21)11-6-10(17)4-9(2)15(11)24-3/h4-7H,1-3H3,(H,19,21). The van der Waals surface area contributed by atoms with E-state index < -0.39 is 10.8 Å². The molecule has 2 rings (SSSR count). The molecule has 0 atom stereocenters. The Kier molecular flexibility index (Phi) is 5.46. The van der Waals surface area contributed by atoms with Gasteiger partial charge in [-0.05, 0) is 43.2 Å². The van der Waals surface area contributed by atoms with Gasteiger partial charge in [0.25, 0.3) is 11.6 Å². The summed E-state index contributed by atoms with van der Waals surface area (Å²) in [6.45, 7) is 3.48. The Morgan fingerprint density at radius 2 is 1.92 bits per heavy atom. The highest BCUT2D eigenvalue weighted by Crippen LogP contribution is 2.32. The first-order chi connectivity index (χ1) is 11.2. The lowest BCUT2D eigenvalue weighted by molar-refractivity contribution is -0.384. The molecule has 0 saturated carbocycles. The molecule has 6 nitrogen and oxygen atoms in total. The molecule has 0 fully saturated rings. The molecule has 126 valence electrons. The molecule has 0 unspecified atom stereocenters. The number of hydrogen-bond acceptors (Lipinski definition) is 4. The van der Waals surface area contributed by atoms with Crippen LogP contribution in [0, 0.1) is 24.0 Å². The van der Waals surface area contributed by atoms with Gasteiger partial charge in [0.2, 0.25) is 0 Å². The van der Waals surface area contributed by atoms with Gasteiger partial charge in [0.15, 0.2) is 0 Å². The predicted octanol–water partition coefficient (Wildman–Crippen LogP) is 4.89. The van der Waals surface area contributed by atoms with E-state index in [1.54, 1.807) is 13.0 Å². The largest absolute Gasteiger partial charge is 0.496 e. The molecule has 0 saturated heterocycles. The number of rotatable bonds is 4. The molecular weight excluding hydrogens is 400 g/mol. The van der Waals surface area contributed by atoms with E-state index in [0.717, 1.165) is 10.0 Å². The molecule has 0 bridgehead atoms. The number of hydrogen-bond donors (Lipinski definition) is 1. The monoisotopic (exact) mass is 412 g/mol. The second kappa shape index (κ2) is 7.19. The van der Waals surface area contributed by atoms with Gasteiger partial charge in [0.05, 0.1) is 17.6 Å². The number of nitro benzene ring substituents is 1. The lowest BCUT2D eigenvalue weighted by Crippen LogP contribution is -2.15. The van der Waals surface area contributed by atoms with E-state index in [0.29, 0.717) is 22.6 Å². The summed E-state index contributed by atoms with van der Waals surface area (Å²) in [5.41, 5.74) is 1.87. The van der Waals surface area contributed by atoms with Gasteiger partial charge < -0.3 is 10.1 Å². The summed E-state index contributed by atoms with van der Waals surface area (Å²) in [4.78, 5) is 22.9. The first kappa shape index (κ1) is 18.2. The fourth-order valence-electron chi connectivity index (χ4n) is 2.30. The average molecular weight is 414 g/mol. The molecular formula is C16H14BrClN2O4. The summed E-state index contributed by atoms with van der Waals surface area (Å²) in [7, 11) is 1.49. The molecule has 0 heterocycles. The summed E-state index contributed by atoms with van der Waals surface area (Å²) in [6, 6.07) is 6.17. The number of carbonyl (C=O) groups excluding carboxylic acids is 1. The van der Waals surface area contributed by atoms with Crippen molar-refractivity contribution in [1.29, 1.82) is 0 Å². The highest BCUT2D eigenvalue weighted by atomic mass is 79.9. The van der Waals surface area contributed by atoms with Crippen molar-refractivity contribution >= 4 is 44.8 Å². The van der Waals surface area contributed by atoms with E-state index in [9.17, 15) is 14.9 Å². The average Bonchev–Trinajstić information content (AvgIpc) is 2.49. The summed E-state index contributed by atoms with van der Waals surface area (Å²) >= 11 is 9.26. The molecule has 2 aromatic rings. The van der Waals surface area contributed by atoms with E-state index in [-0.39, 0.29) is 10.7 Å². The Balaban J connectivity index is 2.41. The van der Waals surface area contributed by atoms with Crippen LogP contribution in [0.3, 0.4) is 0 Å². The Labute approximate surface area is 152 Å². The number of nitrogens with one attached hydrogen (secondary N) is 1. The molecule has 0 aliphatic carbocycles. The quantitative estimate of drug-likeness (QED) is 0.571. The van der Waals surface area contributed by atoms with Crippen molar-refractivity contribution in [3.8, 4) is 5.75 Å². The Morgan fingerprint density at radius 1 is 1.25 bits per heavy atom. The van der Waals surface area contributed by atoms with Crippen LogP contribution in [-0.4, -0.2) is 17.9 Å². The third-order valence-electron chi connectivity index (χ3n) is 3.43. The minimum Gasteiger partial charge on any atom is -0.496 e. The van der Waals surface area contributed by atoms with Gasteiger partial charge in [-0.3, -0.25) is 14.9 Å². The summed E-state index contributed by atoms with van der Waals surface area (Å²) < 4.78 is 6.04. The van der Waals surface area contributed by atoms with Crippen LogP contribution in [-0.2, 0) is 0 Å². The summed E-state index contributed by atoms with van der Waals surface area (Å²) in [5.74, 6) is 0.0608. The highest BCUT2D eigenvalue weighted by molar-refractivity contribution is 9.10. The number of carbonyl (C=O) groups is 1. The summed E-state index contributed by atoms with van der Waals surface area (Å²) in [6.07, 6.45) is 0. The lowest BCUT2D eigenvalue weighted by Gasteiger charge is -2.14. The van der Waals surface area contributed by atoms with E-state index in [2.05, 4.69) is 21.2 Å². The fourth-order valence-corrected chi connectivity index (χ4v) is 3.10. The number of nitro groups is 1. The molecule has 0 spiro atoms. The summed E-state index contributed by atoms with van der Waals surface area (Å²) in [5, 5.41) is 13.6. The van der Waals surface area contributed by atoms with Gasteiger partial charge in [-0.25, -0.2) is 0 Å². The van der Waals surface area contributed by atoms with Gasteiger partial charge in [-0.15, -0.1) is 0 Å². The second-order valence-electron chi connectivity index (χ2n) is 5.13. The number of amides is 1. The van der Waals surface area contributed by atoms with Gasteiger partial charge >= 0.3 is 0 Å². The molecule has 0 radical (unpaired) electrons. The molecule has 8 heteroatoms. The van der Waals surface area contributed by atoms with Crippen LogP contribution in [0.1, 0.15) is 21.5 Å². The maximum Gasteiger partial charge on any atom is 0.288 e. The Bertz CT molecular complexity index is 839. The van der Waals surface area contributed by atoms with Crippen LogP contribution >= 0.6 is 27.5 Å². The number of anilines is 1. The van der Waals surface area contributed by atoms with Gasteiger partial charge in [-0.1, -0.05) is 27.5 Å². The van der Waals surface area contributed by atoms with E-state index in [4.69, 9.17) is 16.3 Å². The fraction of sp³-hybridized carbons (Fsp3) is 0.188. The number of halogens is 2. The Morgan fingerprint density at radius 3 is 2.50 bits per heavy atom. The van der Waals surface area contributed by atoms with Crippen molar-refractivity contribution in [1.82, 2.24) is 0 Å². The number of nitrogens with zero attached hydrogens (tertiary/aromatic N) is 1. The van der Waals surface area contributed by atoms with Crippen LogP contribution in [0.4, 0.5) is 11.4 Å². The number of ether oxygens (including phenoxy) is 1. The topological polar surface area (TPSA) is 81.5 Å². The normalized spacial score (nSPS) is 10.4. The third-order valence-corrected chi connectivity index (χ3v) is 4.19. The first-order valence-electron chi connectivity index (χ1n) is 6.84. The number of methoxy groups -OCH3 is 1. The molecule has 0 aliphatic heterocycles. The van der Waals surface area contributed by atoms with Crippen molar-refractivity contribution in [3.63, 3.8) is 0 Å². The SMILES string of the molecule is COc1c(C)cc(Br)cc1C(=O)Nc1cc(Cl)c([N+](=O)[O-])cc1C. The van der Waals surface area contributed by atoms with Crippen LogP contribution in [0.2, 0.25) is 5.02 Å². The van der Waals surface area contributed by atoms with Crippen molar-refractivity contribution < 1.29 is 14.5 Å². The van der Waals surface area contributed by atoms with Crippen LogP contribution in [0.25, 0.3) is 0 Å². The van der Waals surface area contributed by atoms with Crippen LogP contribution < -0.4 is 10.1 Å². The Hall–Kier alpha value is -2.12. The minimum absolute atomic E-state index is 0.0433. The first-order valence-corrected chi connectivity index (χ1v) is 8.01. The third kappa shape index (κ3) is 3.68. The lowest BCUT2D eigenvalue weighted by atomic mass is 10.1. The van der Waals surface area contributed by atoms with Crippen molar-refractivity contribution in [2.24, 2.45) is 0 Å². The zero-order valence-corrected chi connectivity index (χ0v) is 15.5. The second-order valence-corrected chi connectivity index (χ2v) is 6.46. The van der Waals surface area contributed by atoms with E-state index in [1.165, 1.54) is 19.2 Å². The van der Waals surface area contributed by atoms with Crippen molar-refractivity contribution in [3.05, 3.63) is 60.6 Å². The van der Waals surface area contributed by atoms with Gasteiger partial charge in [0.1, 0.15) is 10.8 Å². The molecule has 1 N–H and O–H groups in total. The maximum atomic E-state index is 12.6. The molecule has 0 aromatic heterocycles. The minimum atomic E-state index is -0.568.